The molecule has 2 aliphatic heterocycles. The van der Waals surface area contributed by atoms with Gasteiger partial charge in [-0.15, -0.1) is 10.2 Å². The lowest BCUT2D eigenvalue weighted by molar-refractivity contribution is -0.137. The van der Waals surface area contributed by atoms with E-state index in [0.717, 1.165) is 12.8 Å². The van der Waals surface area contributed by atoms with E-state index in [9.17, 15) is 14.4 Å². The Kier molecular flexibility index (Phi) is 7.41. The molecule has 0 aromatic carbocycles. The summed E-state index contributed by atoms with van der Waals surface area (Å²) < 4.78 is 5.76. The number of aromatic nitrogens is 3. The number of ether oxygens (including phenoxy) is 1. The quantitative estimate of drug-likeness (QED) is 0.643. The molecule has 2 amide bonds. The van der Waals surface area contributed by atoms with Crippen molar-refractivity contribution in [1.82, 2.24) is 25.0 Å². The number of nitrogen functional groups attached to an aromatic ring is 1. The molecule has 0 unspecified atom stereocenters. The minimum absolute atomic E-state index is 0.0476. The van der Waals surface area contributed by atoms with Gasteiger partial charge >= 0.3 is 0 Å². The molecule has 1 aromatic rings. The van der Waals surface area contributed by atoms with Crippen molar-refractivity contribution in [3.8, 4) is 0 Å². The molecule has 30 heavy (non-hydrogen) atoms. The minimum Gasteiger partial charge on any atom is -0.379 e. The molecule has 0 radical (unpaired) electrons. The average Bonchev–Trinajstić information content (AvgIpc) is 2.98. The van der Waals surface area contributed by atoms with Gasteiger partial charge in [-0.2, -0.15) is 0 Å². The summed E-state index contributed by atoms with van der Waals surface area (Å²) in [6.45, 7) is 6.93. The van der Waals surface area contributed by atoms with E-state index >= 15 is 0 Å². The Morgan fingerprint density at radius 1 is 1.17 bits per heavy atom. The van der Waals surface area contributed by atoms with Crippen LogP contribution < -0.4 is 11.3 Å². The molecule has 2 aliphatic rings. The number of amides is 2. The summed E-state index contributed by atoms with van der Waals surface area (Å²) in [7, 11) is 0. The summed E-state index contributed by atoms with van der Waals surface area (Å²) in [6, 6.07) is -0.132. The first-order chi connectivity index (χ1) is 14.3. The van der Waals surface area contributed by atoms with Gasteiger partial charge in [0.2, 0.25) is 17.8 Å². The number of carbonyl (C=O) groups is 2. The smallest absolute Gasteiger partial charge is 0.274 e. The topological polar surface area (TPSA) is 135 Å². The van der Waals surface area contributed by atoms with Crippen molar-refractivity contribution in [3.05, 3.63) is 16.0 Å². The normalized spacial score (nSPS) is 21.6. The van der Waals surface area contributed by atoms with Gasteiger partial charge in [0.15, 0.2) is 0 Å². The summed E-state index contributed by atoms with van der Waals surface area (Å²) in [5.41, 5.74) is 5.17. The van der Waals surface area contributed by atoms with E-state index in [0.29, 0.717) is 45.2 Å². The molecular formula is C20H32N6O4. The van der Waals surface area contributed by atoms with Crippen LogP contribution in [-0.2, 0) is 20.7 Å². The summed E-state index contributed by atoms with van der Waals surface area (Å²) in [5, 5.41) is 7.43. The van der Waals surface area contributed by atoms with E-state index in [1.807, 2.05) is 4.90 Å². The molecular weight excluding hydrogens is 388 g/mol. The summed E-state index contributed by atoms with van der Waals surface area (Å²) in [6.07, 6.45) is 2.80. The number of fused-ring (bicyclic) bond motifs is 3. The molecule has 0 spiro atoms. The highest BCUT2D eigenvalue weighted by Crippen LogP contribution is 2.22. The molecule has 2 fully saturated rings. The molecule has 166 valence electrons. The monoisotopic (exact) mass is 420 g/mol. The number of aromatic amines is 1. The van der Waals surface area contributed by atoms with Crippen LogP contribution in [0.1, 0.15) is 45.2 Å². The van der Waals surface area contributed by atoms with Crippen LogP contribution in [0, 0.1) is 11.8 Å². The van der Waals surface area contributed by atoms with Crippen molar-refractivity contribution >= 4 is 17.8 Å². The third-order valence-electron chi connectivity index (χ3n) is 5.67. The van der Waals surface area contributed by atoms with Crippen molar-refractivity contribution in [1.29, 1.82) is 0 Å². The van der Waals surface area contributed by atoms with Gasteiger partial charge in [-0.25, -0.2) is 0 Å². The number of nitrogens with one attached hydrogen (secondary N) is 1. The number of rotatable bonds is 7. The maximum Gasteiger partial charge on any atom is 0.274 e. The van der Waals surface area contributed by atoms with E-state index in [4.69, 9.17) is 10.5 Å². The molecule has 2 saturated heterocycles. The highest BCUT2D eigenvalue weighted by atomic mass is 16.5. The van der Waals surface area contributed by atoms with Crippen LogP contribution in [0.2, 0.25) is 0 Å². The largest absolute Gasteiger partial charge is 0.379 e. The van der Waals surface area contributed by atoms with Crippen LogP contribution in [0.4, 0.5) is 5.95 Å². The van der Waals surface area contributed by atoms with Crippen LogP contribution in [0.5, 0.6) is 0 Å². The highest BCUT2D eigenvalue weighted by Gasteiger charge is 2.36. The number of H-pyrrole nitrogens is 1. The zero-order valence-corrected chi connectivity index (χ0v) is 17.8. The van der Waals surface area contributed by atoms with Crippen molar-refractivity contribution < 1.29 is 14.3 Å². The van der Waals surface area contributed by atoms with Gasteiger partial charge < -0.3 is 20.3 Å². The molecule has 0 saturated carbocycles. The van der Waals surface area contributed by atoms with E-state index in [-0.39, 0.29) is 48.3 Å². The Balaban J connectivity index is 1.60. The molecule has 3 N–H and O–H groups in total. The van der Waals surface area contributed by atoms with Crippen LogP contribution in [0.15, 0.2) is 4.79 Å². The maximum absolute atomic E-state index is 12.9. The molecule has 3 heterocycles. The fourth-order valence-electron chi connectivity index (χ4n) is 4.08. The zero-order valence-electron chi connectivity index (χ0n) is 17.8. The van der Waals surface area contributed by atoms with Crippen molar-refractivity contribution in [2.75, 3.05) is 38.6 Å². The maximum atomic E-state index is 12.9. The molecule has 10 heteroatoms. The van der Waals surface area contributed by atoms with Crippen molar-refractivity contribution in [2.24, 2.45) is 11.8 Å². The van der Waals surface area contributed by atoms with Gasteiger partial charge in [-0.1, -0.05) is 20.3 Å². The molecule has 10 nitrogen and oxygen atoms in total. The molecule has 1 aromatic heterocycles. The molecule has 2 atom stereocenters. The second kappa shape index (κ2) is 10.0. The molecule has 3 rings (SSSR count). The Morgan fingerprint density at radius 2 is 1.97 bits per heavy atom. The number of hydrogen-bond acceptors (Lipinski definition) is 7. The Morgan fingerprint density at radius 3 is 2.70 bits per heavy atom. The predicted molar refractivity (Wildman–Crippen MR) is 110 cm³/mol. The summed E-state index contributed by atoms with van der Waals surface area (Å²) in [5.74, 6) is 0.715. The van der Waals surface area contributed by atoms with Crippen LogP contribution in [-0.4, -0.2) is 75.7 Å². The van der Waals surface area contributed by atoms with E-state index in [1.54, 1.807) is 4.90 Å². The highest BCUT2D eigenvalue weighted by molar-refractivity contribution is 5.78. The second-order valence-electron chi connectivity index (χ2n) is 8.67. The second-order valence-corrected chi connectivity index (χ2v) is 8.67. The number of nitrogens with two attached hydrogens (primary N) is 1. The van der Waals surface area contributed by atoms with E-state index in [1.165, 1.54) is 0 Å². The average molecular weight is 421 g/mol. The third-order valence-corrected chi connectivity index (χ3v) is 5.67. The van der Waals surface area contributed by atoms with E-state index in [2.05, 4.69) is 29.0 Å². The zero-order chi connectivity index (χ0) is 21.7. The van der Waals surface area contributed by atoms with Gasteiger partial charge in [0.05, 0.1) is 19.3 Å². The number of nitrogens with zero attached hydrogens (tertiary/aromatic N) is 4. The minimum atomic E-state index is -0.422. The van der Waals surface area contributed by atoms with Crippen molar-refractivity contribution in [3.63, 3.8) is 0 Å². The van der Waals surface area contributed by atoms with Gasteiger partial charge in [0, 0.05) is 44.8 Å². The fourth-order valence-corrected chi connectivity index (χ4v) is 4.08. The lowest BCUT2D eigenvalue weighted by Gasteiger charge is -2.31. The van der Waals surface area contributed by atoms with Gasteiger partial charge in [-0.05, 0) is 12.3 Å². The van der Waals surface area contributed by atoms with Crippen LogP contribution in [0.25, 0.3) is 0 Å². The van der Waals surface area contributed by atoms with Gasteiger partial charge in [-0.3, -0.25) is 19.4 Å². The van der Waals surface area contributed by atoms with E-state index < -0.39 is 5.56 Å². The van der Waals surface area contributed by atoms with Gasteiger partial charge in [0.1, 0.15) is 5.69 Å². The number of carbonyl (C=O) groups excluding carboxylic acids is 2. The summed E-state index contributed by atoms with van der Waals surface area (Å²) in [4.78, 5) is 43.7. The Bertz CT molecular complexity index is 811. The van der Waals surface area contributed by atoms with Crippen LogP contribution >= 0.6 is 0 Å². The summed E-state index contributed by atoms with van der Waals surface area (Å²) >= 11 is 0. The standard InChI is InChI=1S/C20H32N6O4/c1-13(2)4-3-5-18(28)26-9-14-8-25(10-15(26)12-30-11-14)17(27)7-6-16-19(29)22-20(21)24-23-16/h13-15H,3-12H2,1-2H3,(H3,21,22,24,29)/t14-,15-/m0/s1. The predicted octanol–water partition coefficient (Wildman–Crippen LogP) is 0.192. The fraction of sp³-hybridized carbons (Fsp3) is 0.750. The first-order valence-corrected chi connectivity index (χ1v) is 10.7. The Hall–Kier alpha value is -2.49. The third kappa shape index (κ3) is 5.78. The molecule has 0 aliphatic carbocycles. The van der Waals surface area contributed by atoms with Crippen molar-refractivity contribution in [2.45, 2.75) is 52.0 Å². The SMILES string of the molecule is CC(C)CCCC(=O)N1C[C@H]2COC[C@@H]1CN(C(=O)CCc1nnc(N)[nH]c1=O)C2. The molecule has 2 bridgehead atoms. The van der Waals surface area contributed by atoms with Gasteiger partial charge in [0.25, 0.3) is 5.56 Å². The first kappa shape index (κ1) is 22.2. The Labute approximate surface area is 176 Å². The van der Waals surface area contributed by atoms with Crippen LogP contribution in [0.3, 0.4) is 0 Å². The lowest BCUT2D eigenvalue weighted by atomic mass is 10.1. The number of hydrogen-bond donors (Lipinski definition) is 2. The lowest BCUT2D eigenvalue weighted by Crippen LogP contribution is -2.47. The first-order valence-electron chi connectivity index (χ1n) is 10.7. The number of anilines is 1. The number of aryl methyl sites for hydroxylation is 1.